The number of benzene rings is 2. The maximum Gasteiger partial charge on any atom is 0.0995 e. The molecule has 4 rings (SSSR count). The van der Waals surface area contributed by atoms with Crippen LogP contribution in [0, 0.1) is 11.3 Å². The van der Waals surface area contributed by atoms with Crippen molar-refractivity contribution in [2.24, 2.45) is 0 Å². The van der Waals surface area contributed by atoms with Gasteiger partial charge in [-0.15, -0.1) is 11.8 Å². The maximum atomic E-state index is 9.57. The first-order valence-corrected chi connectivity index (χ1v) is 9.45. The van der Waals surface area contributed by atoms with Gasteiger partial charge in [0.25, 0.3) is 0 Å². The van der Waals surface area contributed by atoms with Crippen LogP contribution in [0.3, 0.4) is 0 Å². The molecule has 0 N–H and O–H groups in total. The van der Waals surface area contributed by atoms with Crippen molar-refractivity contribution in [2.45, 2.75) is 29.7 Å². The fourth-order valence-corrected chi connectivity index (χ4v) is 4.59. The molecule has 23 heavy (non-hydrogen) atoms. The summed E-state index contributed by atoms with van der Waals surface area (Å²) in [6.45, 7) is 2.23. The second kappa shape index (κ2) is 6.03. The minimum Gasteiger partial charge on any atom is -0.295 e. The molecule has 2 heterocycles. The number of hydrogen-bond acceptors (Lipinski definition) is 3. The summed E-state index contributed by atoms with van der Waals surface area (Å²) in [7, 11) is 0. The molecule has 2 atom stereocenters. The van der Waals surface area contributed by atoms with Crippen molar-refractivity contribution < 1.29 is 0 Å². The summed E-state index contributed by atoms with van der Waals surface area (Å²) in [5.74, 6) is 0.378. The molecule has 116 valence electrons. The minimum atomic E-state index is 0.378. The number of rotatable bonds is 2. The van der Waals surface area contributed by atoms with Gasteiger partial charge >= 0.3 is 0 Å². The Bertz CT molecular complexity index is 760. The molecule has 2 aromatic carbocycles. The topological polar surface area (TPSA) is 27.0 Å². The monoisotopic (exact) mass is 320 g/mol. The van der Waals surface area contributed by atoms with Crippen LogP contribution in [0.1, 0.15) is 47.1 Å². The predicted octanol–water partition coefficient (Wildman–Crippen LogP) is 4.56. The summed E-state index contributed by atoms with van der Waals surface area (Å²) in [5.41, 5.74) is 4.89. The van der Waals surface area contributed by atoms with Crippen molar-refractivity contribution in [3.8, 4) is 6.07 Å². The molecule has 3 heteroatoms. The Morgan fingerprint density at radius 1 is 1.17 bits per heavy atom. The average molecular weight is 320 g/mol. The third-order valence-corrected chi connectivity index (χ3v) is 6.01. The van der Waals surface area contributed by atoms with E-state index in [1.807, 2.05) is 12.1 Å². The van der Waals surface area contributed by atoms with E-state index in [4.69, 9.17) is 0 Å². The highest BCUT2D eigenvalue weighted by atomic mass is 32.2. The second-order valence-electron chi connectivity index (χ2n) is 6.40. The number of hydrogen-bond donors (Lipinski definition) is 0. The molecule has 0 unspecified atom stereocenters. The Kier molecular flexibility index (Phi) is 3.88. The van der Waals surface area contributed by atoms with Gasteiger partial charge in [0.2, 0.25) is 0 Å². The molecule has 0 saturated carbocycles. The van der Waals surface area contributed by atoms with Gasteiger partial charge in [-0.05, 0) is 60.5 Å². The van der Waals surface area contributed by atoms with Gasteiger partial charge in [0.15, 0.2) is 0 Å². The summed E-state index contributed by atoms with van der Waals surface area (Å²) >= 11 is 1.78. The van der Waals surface area contributed by atoms with Gasteiger partial charge in [0, 0.05) is 23.4 Å². The number of nitriles is 1. The van der Waals surface area contributed by atoms with Gasteiger partial charge in [-0.25, -0.2) is 0 Å². The SMILES string of the molecule is CSc1ccc([C@@H]2CN3CCC[C@@H]3c3c(C#N)cccc32)cc1. The van der Waals surface area contributed by atoms with E-state index >= 15 is 0 Å². The van der Waals surface area contributed by atoms with Gasteiger partial charge in [0.05, 0.1) is 11.6 Å². The van der Waals surface area contributed by atoms with E-state index in [-0.39, 0.29) is 0 Å². The first-order chi connectivity index (χ1) is 11.3. The minimum absolute atomic E-state index is 0.378. The summed E-state index contributed by atoms with van der Waals surface area (Å²) in [6, 6.07) is 18.1. The van der Waals surface area contributed by atoms with Crippen molar-refractivity contribution in [1.29, 1.82) is 5.26 Å². The molecular weight excluding hydrogens is 300 g/mol. The molecule has 0 bridgehead atoms. The molecule has 1 saturated heterocycles. The molecule has 0 aliphatic carbocycles. The standard InChI is InChI=1S/C20H20N2S/c1-23-16-9-7-14(8-10-16)18-13-22-11-3-6-19(22)20-15(12-21)4-2-5-17(18)20/h2,4-5,7-10,18-19H,3,6,11,13H2,1H3/t18-,19+/m0/s1. The average Bonchev–Trinajstić information content (AvgIpc) is 3.09. The normalized spacial score (nSPS) is 23.1. The third-order valence-electron chi connectivity index (χ3n) is 5.27. The zero-order valence-corrected chi connectivity index (χ0v) is 14.1. The zero-order valence-electron chi connectivity index (χ0n) is 13.3. The molecule has 1 fully saturated rings. The summed E-state index contributed by atoms with van der Waals surface area (Å²) < 4.78 is 0. The number of fused-ring (bicyclic) bond motifs is 3. The quantitative estimate of drug-likeness (QED) is 0.759. The lowest BCUT2D eigenvalue weighted by atomic mass is 9.80. The fourth-order valence-electron chi connectivity index (χ4n) is 4.18. The molecule has 0 amide bonds. The predicted molar refractivity (Wildman–Crippen MR) is 94.8 cm³/mol. The van der Waals surface area contributed by atoms with Crippen LogP contribution in [-0.4, -0.2) is 24.2 Å². The Balaban J connectivity index is 1.83. The van der Waals surface area contributed by atoms with Gasteiger partial charge < -0.3 is 0 Å². The van der Waals surface area contributed by atoms with Crippen LogP contribution in [0.15, 0.2) is 47.4 Å². The van der Waals surface area contributed by atoms with E-state index in [1.54, 1.807) is 11.8 Å². The lowest BCUT2D eigenvalue weighted by molar-refractivity contribution is 0.230. The van der Waals surface area contributed by atoms with Crippen molar-refractivity contribution in [2.75, 3.05) is 19.3 Å². The highest BCUT2D eigenvalue weighted by molar-refractivity contribution is 7.98. The molecule has 2 aromatic rings. The summed E-state index contributed by atoms with van der Waals surface area (Å²) in [5, 5.41) is 9.57. The van der Waals surface area contributed by atoms with E-state index in [0.29, 0.717) is 12.0 Å². The van der Waals surface area contributed by atoms with E-state index in [2.05, 4.69) is 47.6 Å². The van der Waals surface area contributed by atoms with Crippen LogP contribution in [0.2, 0.25) is 0 Å². The van der Waals surface area contributed by atoms with Crippen molar-refractivity contribution in [3.63, 3.8) is 0 Å². The van der Waals surface area contributed by atoms with Crippen molar-refractivity contribution in [1.82, 2.24) is 4.90 Å². The van der Waals surface area contributed by atoms with E-state index in [9.17, 15) is 5.26 Å². The van der Waals surface area contributed by atoms with Gasteiger partial charge in [-0.2, -0.15) is 5.26 Å². The lowest BCUT2D eigenvalue weighted by Gasteiger charge is -2.38. The maximum absolute atomic E-state index is 9.57. The fraction of sp³-hybridized carbons (Fsp3) is 0.350. The highest BCUT2D eigenvalue weighted by Crippen LogP contribution is 2.45. The molecular formula is C20H20N2S. The van der Waals surface area contributed by atoms with E-state index in [1.165, 1.54) is 34.4 Å². The smallest absolute Gasteiger partial charge is 0.0995 e. The van der Waals surface area contributed by atoms with Gasteiger partial charge in [0.1, 0.15) is 0 Å². The van der Waals surface area contributed by atoms with Crippen molar-refractivity contribution in [3.05, 3.63) is 64.7 Å². The number of nitrogens with zero attached hydrogens (tertiary/aromatic N) is 2. The molecule has 0 spiro atoms. The molecule has 0 radical (unpaired) electrons. The van der Waals surface area contributed by atoms with Crippen LogP contribution in [0.5, 0.6) is 0 Å². The second-order valence-corrected chi connectivity index (χ2v) is 7.28. The van der Waals surface area contributed by atoms with Crippen LogP contribution in [-0.2, 0) is 0 Å². The zero-order chi connectivity index (χ0) is 15.8. The Morgan fingerprint density at radius 2 is 2.00 bits per heavy atom. The summed E-state index contributed by atoms with van der Waals surface area (Å²) in [4.78, 5) is 3.88. The van der Waals surface area contributed by atoms with Gasteiger partial charge in [-0.1, -0.05) is 24.3 Å². The first kappa shape index (κ1) is 14.8. The van der Waals surface area contributed by atoms with Crippen LogP contribution in [0.4, 0.5) is 0 Å². The molecule has 0 aromatic heterocycles. The van der Waals surface area contributed by atoms with Crippen LogP contribution in [0.25, 0.3) is 0 Å². The van der Waals surface area contributed by atoms with E-state index in [0.717, 1.165) is 18.7 Å². The Labute approximate surface area is 142 Å². The summed E-state index contributed by atoms with van der Waals surface area (Å²) in [6.07, 6.45) is 4.53. The van der Waals surface area contributed by atoms with Crippen molar-refractivity contribution >= 4 is 11.8 Å². The molecule has 2 aliphatic heterocycles. The van der Waals surface area contributed by atoms with E-state index < -0.39 is 0 Å². The Morgan fingerprint density at radius 3 is 2.74 bits per heavy atom. The Hall–Kier alpha value is -1.76. The largest absolute Gasteiger partial charge is 0.295 e. The lowest BCUT2D eigenvalue weighted by Crippen LogP contribution is -2.35. The van der Waals surface area contributed by atoms with Crippen LogP contribution >= 0.6 is 11.8 Å². The molecule has 2 nitrogen and oxygen atoms in total. The third kappa shape index (κ3) is 2.47. The van der Waals surface area contributed by atoms with Gasteiger partial charge in [-0.3, -0.25) is 4.90 Å². The van der Waals surface area contributed by atoms with Crippen LogP contribution < -0.4 is 0 Å². The molecule has 2 aliphatic rings. The highest BCUT2D eigenvalue weighted by Gasteiger charge is 2.37. The first-order valence-electron chi connectivity index (χ1n) is 8.22. The number of thioether (sulfide) groups is 1.